The summed E-state index contributed by atoms with van der Waals surface area (Å²) in [7, 11) is 0. The number of rotatable bonds is 4. The van der Waals surface area contributed by atoms with Crippen molar-refractivity contribution >= 4 is 45.2 Å². The maximum absolute atomic E-state index is 9.67. The van der Waals surface area contributed by atoms with E-state index >= 15 is 0 Å². The first kappa shape index (κ1) is 14.5. The topological polar surface area (TPSA) is 46.2 Å². The summed E-state index contributed by atoms with van der Waals surface area (Å²) in [6.07, 6.45) is 2.13. The number of phenolic OH excluding ortho intramolecular Hbond substituents is 1. The van der Waals surface area contributed by atoms with Crippen LogP contribution in [0.4, 0.5) is 0 Å². The lowest BCUT2D eigenvalue weighted by Crippen LogP contribution is -2.11. The fourth-order valence-corrected chi connectivity index (χ4v) is 3.30. The normalized spacial score (nSPS) is 13.1. The lowest BCUT2D eigenvalue weighted by Gasteiger charge is -2.15. The number of benzene rings is 1. The van der Waals surface area contributed by atoms with E-state index in [0.29, 0.717) is 11.7 Å². The molecule has 1 atom stereocenters. The van der Waals surface area contributed by atoms with Crippen LogP contribution in [0.15, 0.2) is 12.1 Å². The lowest BCUT2D eigenvalue weighted by molar-refractivity contribution is 0.466. The van der Waals surface area contributed by atoms with Crippen molar-refractivity contribution in [3.05, 3.63) is 24.8 Å². The Morgan fingerprint density at radius 1 is 1.19 bits per heavy atom. The third kappa shape index (κ3) is 4.03. The molecule has 0 radical (unpaired) electrons. The highest BCUT2D eigenvalue weighted by atomic mass is 127. The molecule has 0 aliphatic rings. The summed E-state index contributed by atoms with van der Waals surface area (Å²) < 4.78 is 1.75. The zero-order valence-corrected chi connectivity index (χ0v) is 13.8. The van der Waals surface area contributed by atoms with Crippen molar-refractivity contribution in [2.45, 2.75) is 32.7 Å². The van der Waals surface area contributed by atoms with Crippen molar-refractivity contribution in [1.29, 1.82) is 0 Å². The minimum absolute atomic E-state index is 0.0741. The van der Waals surface area contributed by atoms with Crippen molar-refractivity contribution < 1.29 is 5.11 Å². The molecule has 3 N–H and O–H groups in total. The van der Waals surface area contributed by atoms with Crippen molar-refractivity contribution in [2.24, 2.45) is 11.7 Å². The Bertz CT molecular complexity index is 343. The first-order valence-corrected chi connectivity index (χ1v) is 7.51. The van der Waals surface area contributed by atoms with Crippen LogP contribution in [0.3, 0.4) is 0 Å². The van der Waals surface area contributed by atoms with Crippen LogP contribution in [0.1, 0.15) is 38.3 Å². The van der Waals surface area contributed by atoms with Crippen molar-refractivity contribution in [2.75, 3.05) is 0 Å². The van der Waals surface area contributed by atoms with E-state index in [1.165, 1.54) is 0 Å². The number of hydrogen-bond donors (Lipinski definition) is 2. The van der Waals surface area contributed by atoms with E-state index < -0.39 is 0 Å². The number of nitrogens with two attached hydrogens (primary N) is 1. The molecule has 0 bridgehead atoms. The van der Waals surface area contributed by atoms with Crippen LogP contribution >= 0.6 is 45.2 Å². The summed E-state index contributed by atoms with van der Waals surface area (Å²) >= 11 is 4.28. The third-order valence-corrected chi connectivity index (χ3v) is 4.17. The monoisotopic (exact) mass is 445 g/mol. The minimum atomic E-state index is 0.0741. The van der Waals surface area contributed by atoms with Gasteiger partial charge in [-0.1, -0.05) is 13.8 Å². The molecule has 1 aromatic carbocycles. The van der Waals surface area contributed by atoms with Gasteiger partial charge in [0.15, 0.2) is 0 Å². The van der Waals surface area contributed by atoms with Crippen LogP contribution in [0.25, 0.3) is 0 Å². The highest BCUT2D eigenvalue weighted by Crippen LogP contribution is 2.30. The van der Waals surface area contributed by atoms with Gasteiger partial charge in [0.05, 0.1) is 7.14 Å². The second kappa shape index (κ2) is 6.39. The predicted octanol–water partition coefficient (Wildman–Crippen LogP) is 4.04. The Hall–Kier alpha value is 0.440. The van der Waals surface area contributed by atoms with Gasteiger partial charge in [-0.25, -0.2) is 0 Å². The van der Waals surface area contributed by atoms with Gasteiger partial charge in [0.1, 0.15) is 5.75 Å². The van der Waals surface area contributed by atoms with Gasteiger partial charge in [-0.05, 0) is 81.6 Å². The SMILES string of the molecule is CC(C)CC[C@@H](N)c1cc(I)c(O)c(I)c1. The Morgan fingerprint density at radius 3 is 2.12 bits per heavy atom. The first-order chi connectivity index (χ1) is 7.41. The number of aromatic hydroxyl groups is 1. The van der Waals surface area contributed by atoms with Crippen LogP contribution in [-0.4, -0.2) is 5.11 Å². The summed E-state index contributed by atoms with van der Waals surface area (Å²) in [6, 6.07) is 4.02. The second-order valence-corrected chi connectivity index (χ2v) is 6.74. The van der Waals surface area contributed by atoms with Gasteiger partial charge >= 0.3 is 0 Å². The van der Waals surface area contributed by atoms with E-state index in [-0.39, 0.29) is 6.04 Å². The molecule has 90 valence electrons. The van der Waals surface area contributed by atoms with Gasteiger partial charge in [0.2, 0.25) is 0 Å². The highest BCUT2D eigenvalue weighted by Gasteiger charge is 2.11. The van der Waals surface area contributed by atoms with Gasteiger partial charge in [-0.3, -0.25) is 0 Å². The van der Waals surface area contributed by atoms with Crippen molar-refractivity contribution in [3.63, 3.8) is 0 Å². The third-order valence-electron chi connectivity index (χ3n) is 2.52. The molecule has 0 aliphatic heterocycles. The predicted molar refractivity (Wildman–Crippen MR) is 84.5 cm³/mol. The van der Waals surface area contributed by atoms with E-state index in [0.717, 1.165) is 25.5 Å². The molecule has 0 amide bonds. The zero-order valence-electron chi connectivity index (χ0n) is 9.50. The average Bonchev–Trinajstić information content (AvgIpc) is 2.21. The summed E-state index contributed by atoms with van der Waals surface area (Å²) in [4.78, 5) is 0. The fourth-order valence-electron chi connectivity index (χ4n) is 1.48. The summed E-state index contributed by atoms with van der Waals surface area (Å²) in [5.74, 6) is 1.04. The van der Waals surface area contributed by atoms with E-state index in [9.17, 15) is 5.11 Å². The largest absolute Gasteiger partial charge is 0.506 e. The van der Waals surface area contributed by atoms with Crippen LogP contribution in [-0.2, 0) is 0 Å². The summed E-state index contributed by atoms with van der Waals surface area (Å²) in [5, 5.41) is 9.67. The molecule has 0 spiro atoms. The van der Waals surface area contributed by atoms with E-state index in [1.807, 2.05) is 12.1 Å². The number of phenols is 1. The van der Waals surface area contributed by atoms with Gasteiger partial charge < -0.3 is 10.8 Å². The van der Waals surface area contributed by atoms with Crippen LogP contribution in [0.2, 0.25) is 0 Å². The maximum atomic E-state index is 9.67. The standard InChI is InChI=1S/C12H17I2NO/c1-7(2)3-4-11(15)8-5-9(13)12(16)10(14)6-8/h5-7,11,16H,3-4,15H2,1-2H3/t11-/m1/s1. The highest BCUT2D eigenvalue weighted by molar-refractivity contribution is 14.1. The van der Waals surface area contributed by atoms with E-state index in [2.05, 4.69) is 59.0 Å². The van der Waals surface area contributed by atoms with Gasteiger partial charge in [0.25, 0.3) is 0 Å². The molecule has 16 heavy (non-hydrogen) atoms. The molecule has 0 unspecified atom stereocenters. The van der Waals surface area contributed by atoms with E-state index in [1.54, 1.807) is 0 Å². The Labute approximate surface area is 124 Å². The van der Waals surface area contributed by atoms with Crippen LogP contribution in [0, 0.1) is 13.1 Å². The maximum Gasteiger partial charge on any atom is 0.142 e. The molecule has 0 aromatic heterocycles. The lowest BCUT2D eigenvalue weighted by atomic mass is 9.98. The van der Waals surface area contributed by atoms with Gasteiger partial charge in [-0.2, -0.15) is 0 Å². The van der Waals surface area contributed by atoms with Crippen molar-refractivity contribution in [3.8, 4) is 5.75 Å². The van der Waals surface area contributed by atoms with E-state index in [4.69, 9.17) is 5.73 Å². The summed E-state index contributed by atoms with van der Waals surface area (Å²) in [6.45, 7) is 4.41. The molecule has 1 aromatic rings. The molecule has 0 saturated carbocycles. The molecule has 4 heteroatoms. The average molecular weight is 445 g/mol. The fraction of sp³-hybridized carbons (Fsp3) is 0.500. The molecule has 1 rings (SSSR count). The molecule has 2 nitrogen and oxygen atoms in total. The Balaban J connectivity index is 2.80. The second-order valence-electron chi connectivity index (χ2n) is 4.41. The Kier molecular flexibility index (Phi) is 5.79. The van der Waals surface area contributed by atoms with Crippen molar-refractivity contribution in [1.82, 2.24) is 0 Å². The zero-order chi connectivity index (χ0) is 12.3. The molecule has 0 fully saturated rings. The van der Waals surface area contributed by atoms with Crippen LogP contribution in [0.5, 0.6) is 5.75 Å². The minimum Gasteiger partial charge on any atom is -0.506 e. The molecular weight excluding hydrogens is 428 g/mol. The molecule has 0 aliphatic carbocycles. The quantitative estimate of drug-likeness (QED) is 0.688. The molecule has 0 heterocycles. The number of halogens is 2. The van der Waals surface area contributed by atoms with Gasteiger partial charge in [-0.15, -0.1) is 0 Å². The van der Waals surface area contributed by atoms with Crippen LogP contribution < -0.4 is 5.73 Å². The smallest absolute Gasteiger partial charge is 0.142 e. The molecular formula is C12H17I2NO. The summed E-state index contributed by atoms with van der Waals surface area (Å²) in [5.41, 5.74) is 7.26. The number of hydrogen-bond acceptors (Lipinski definition) is 2. The Morgan fingerprint density at radius 2 is 1.69 bits per heavy atom. The molecule has 0 saturated heterocycles. The first-order valence-electron chi connectivity index (χ1n) is 5.35. The van der Waals surface area contributed by atoms with Gasteiger partial charge in [0, 0.05) is 6.04 Å².